The predicted molar refractivity (Wildman–Crippen MR) is 133 cm³/mol. The molecule has 1 unspecified atom stereocenters. The second-order valence-electron chi connectivity index (χ2n) is 6.45. The molecule has 1 atom stereocenters. The van der Waals surface area contributed by atoms with E-state index >= 15 is 0 Å². The van der Waals surface area contributed by atoms with E-state index in [4.69, 9.17) is 18.6 Å². The molecule has 174 valence electrons. The van der Waals surface area contributed by atoms with Crippen LogP contribution in [-0.2, 0) is 39.7 Å². The van der Waals surface area contributed by atoms with Crippen molar-refractivity contribution in [1.29, 1.82) is 0 Å². The summed E-state index contributed by atoms with van der Waals surface area (Å²) in [6.45, 7) is 22.8. The Bertz CT molecular complexity index is 864. The van der Waals surface area contributed by atoms with Crippen LogP contribution in [0.5, 0.6) is 0 Å². The van der Waals surface area contributed by atoms with Crippen molar-refractivity contribution in [2.75, 3.05) is 12.3 Å². The van der Waals surface area contributed by atoms with Gasteiger partial charge in [-0.3, -0.25) is 0 Å². The molecule has 0 saturated carbocycles. The molecule has 0 aromatic heterocycles. The van der Waals surface area contributed by atoms with Gasteiger partial charge in [-0.05, 0) is 41.8 Å². The van der Waals surface area contributed by atoms with Crippen molar-refractivity contribution < 1.29 is 39.7 Å². The topological polar surface area (TPSA) is 79.6 Å². The number of benzene rings is 3. The van der Waals surface area contributed by atoms with Crippen LogP contribution >= 0.6 is 15.8 Å². The Labute approximate surface area is 220 Å². The van der Waals surface area contributed by atoms with E-state index in [1.54, 1.807) is 5.30 Å². The minimum absolute atomic E-state index is 0. The maximum atomic E-state index is 7.50. The van der Waals surface area contributed by atoms with E-state index in [-0.39, 0.29) is 36.9 Å². The summed E-state index contributed by atoms with van der Waals surface area (Å²) in [4.78, 5) is 0. The fourth-order valence-electron chi connectivity index (χ4n) is 3.14. The van der Waals surface area contributed by atoms with Gasteiger partial charge < -0.3 is 0 Å². The standard InChI is InChI=1S/C23H26P2.4CO.W/c1-20(2)24(21-12-6-3-7-13-21)18-19-25(22-14-8-4-9-15-22)23-16-10-5-11-17-23;4*1-2;/h3-17,20H,18-19H2,1-2H3;;;;;. The molecule has 0 N–H and O–H groups in total. The third-order valence-electron chi connectivity index (χ3n) is 4.41. The van der Waals surface area contributed by atoms with Crippen LogP contribution in [0.25, 0.3) is 0 Å². The van der Waals surface area contributed by atoms with Crippen LogP contribution in [0, 0.1) is 26.6 Å². The van der Waals surface area contributed by atoms with Gasteiger partial charge in [0.2, 0.25) is 0 Å². The van der Waals surface area contributed by atoms with Crippen LogP contribution in [0.2, 0.25) is 0 Å². The Morgan fingerprint density at radius 3 is 1.12 bits per heavy atom. The molecule has 4 nitrogen and oxygen atoms in total. The molecule has 7 heteroatoms. The average Bonchev–Trinajstić information content (AvgIpc) is 2.92. The maximum Gasteiger partial charge on any atom is 0 e. The van der Waals surface area contributed by atoms with Crippen LogP contribution < -0.4 is 15.9 Å². The van der Waals surface area contributed by atoms with Crippen molar-refractivity contribution in [3.05, 3.63) is 118 Å². The van der Waals surface area contributed by atoms with Crippen LogP contribution in [0.15, 0.2) is 91.0 Å². The summed E-state index contributed by atoms with van der Waals surface area (Å²) in [5, 5.41) is 4.54. The zero-order valence-corrected chi connectivity index (χ0v) is 23.8. The molecule has 0 heterocycles. The van der Waals surface area contributed by atoms with Crippen molar-refractivity contribution in [1.82, 2.24) is 0 Å². The molecule has 0 aliphatic carbocycles. The zero-order valence-electron chi connectivity index (χ0n) is 19.1. The van der Waals surface area contributed by atoms with Crippen LogP contribution in [0.3, 0.4) is 0 Å². The smallest absolute Gasteiger partial charge is 0 e. The van der Waals surface area contributed by atoms with Gasteiger partial charge in [0.25, 0.3) is 0 Å². The van der Waals surface area contributed by atoms with Crippen molar-refractivity contribution in [3.63, 3.8) is 0 Å². The van der Waals surface area contributed by atoms with E-state index < -0.39 is 0 Å². The summed E-state index contributed by atoms with van der Waals surface area (Å²) < 4.78 is 30.0. The fourth-order valence-corrected chi connectivity index (χ4v) is 8.60. The quantitative estimate of drug-likeness (QED) is 0.190. The van der Waals surface area contributed by atoms with E-state index in [2.05, 4.69) is 131 Å². The Morgan fingerprint density at radius 1 is 0.529 bits per heavy atom. The first kappa shape index (κ1) is 36.7. The van der Waals surface area contributed by atoms with Crippen LogP contribution in [0.4, 0.5) is 0 Å². The minimum Gasteiger partial charge on any atom is 0 e. The predicted octanol–water partition coefficient (Wildman–Crippen LogP) is 5.18. The summed E-state index contributed by atoms with van der Waals surface area (Å²) in [5.41, 5.74) is 0.723. The van der Waals surface area contributed by atoms with Crippen LogP contribution in [-0.4, -0.2) is 18.0 Å². The summed E-state index contributed by atoms with van der Waals surface area (Å²) in [5.74, 6) is 0. The molecule has 0 saturated heterocycles. The number of hydrogen-bond donors (Lipinski definition) is 0. The Kier molecular flexibility index (Phi) is 27.9. The van der Waals surface area contributed by atoms with Gasteiger partial charge in [-0.2, -0.15) is 0 Å². The molecule has 0 fully saturated rings. The molecule has 0 amide bonds. The molecule has 3 rings (SSSR count). The minimum atomic E-state index is -0.282. The summed E-state index contributed by atoms with van der Waals surface area (Å²) in [7, 11) is -0.394. The summed E-state index contributed by atoms with van der Waals surface area (Å²) in [6, 6.07) is 33.3. The molecule has 0 aliphatic rings. The largest absolute Gasteiger partial charge is 0 e. The van der Waals surface area contributed by atoms with Gasteiger partial charge in [0.05, 0.1) is 0 Å². The number of hydrogen-bond acceptors (Lipinski definition) is 0. The zero-order chi connectivity index (χ0) is 25.5. The second-order valence-corrected chi connectivity index (χ2v) is 11.7. The first-order valence-electron chi connectivity index (χ1n) is 9.76. The van der Waals surface area contributed by atoms with E-state index in [9.17, 15) is 0 Å². The van der Waals surface area contributed by atoms with Gasteiger partial charge in [-0.15, -0.1) is 0 Å². The average molecular weight is 660 g/mol. The molecule has 0 aliphatic heterocycles. The van der Waals surface area contributed by atoms with Gasteiger partial charge in [-0.25, -0.2) is 0 Å². The molecule has 34 heavy (non-hydrogen) atoms. The molecule has 0 spiro atoms. The van der Waals surface area contributed by atoms with Gasteiger partial charge in [-0.1, -0.05) is 113 Å². The third-order valence-corrected chi connectivity index (χ3v) is 10.2. The molecule has 0 bridgehead atoms. The molecular weight excluding hydrogens is 634 g/mol. The van der Waals surface area contributed by atoms with Gasteiger partial charge >= 0.3 is 45.2 Å². The Morgan fingerprint density at radius 2 is 0.824 bits per heavy atom. The Hall–Kier alpha value is -1.83. The van der Waals surface area contributed by atoms with E-state index in [0.717, 1.165) is 5.66 Å². The van der Waals surface area contributed by atoms with E-state index in [1.807, 2.05) is 0 Å². The molecular formula is C27H26O4P2W. The monoisotopic (exact) mass is 660 g/mol. The molecule has 3 aromatic carbocycles. The van der Waals surface area contributed by atoms with Gasteiger partial charge in [0, 0.05) is 21.1 Å². The maximum absolute atomic E-state index is 7.50. The van der Waals surface area contributed by atoms with Crippen LogP contribution in [0.1, 0.15) is 13.8 Å². The van der Waals surface area contributed by atoms with E-state index in [0.29, 0.717) is 0 Å². The Balaban J connectivity index is -0.000000969. The normalized spacial score (nSPS) is 9.41. The second kappa shape index (κ2) is 25.8. The van der Waals surface area contributed by atoms with Crippen molar-refractivity contribution >= 4 is 31.8 Å². The van der Waals surface area contributed by atoms with E-state index in [1.165, 1.54) is 22.9 Å². The van der Waals surface area contributed by atoms with Gasteiger partial charge in [0.1, 0.15) is 0 Å². The third kappa shape index (κ3) is 13.8. The summed E-state index contributed by atoms with van der Waals surface area (Å²) in [6.07, 6.45) is 2.56. The first-order chi connectivity index (χ1) is 16.3. The number of rotatable bonds is 7. The molecule has 3 aromatic rings. The molecule has 0 radical (unpaired) electrons. The summed E-state index contributed by atoms with van der Waals surface area (Å²) >= 11 is 0. The SMILES string of the molecule is CC(C)P(CCP(c1ccccc1)c1ccccc1)c1ccccc1.[C-]#[O+].[C-]#[O+].[C-]#[O+].[C-]#[O+].[W]. The van der Waals surface area contributed by atoms with Crippen molar-refractivity contribution in [2.24, 2.45) is 0 Å². The van der Waals surface area contributed by atoms with Crippen molar-refractivity contribution in [2.45, 2.75) is 19.5 Å². The first-order valence-corrected chi connectivity index (χ1v) is 12.9. The fraction of sp³-hybridized carbons (Fsp3) is 0.185. The van der Waals surface area contributed by atoms with Crippen molar-refractivity contribution in [3.8, 4) is 0 Å². The van der Waals surface area contributed by atoms with Gasteiger partial charge in [0.15, 0.2) is 0 Å².